The molecule has 0 aliphatic rings. The van der Waals surface area contributed by atoms with E-state index in [0.717, 1.165) is 11.6 Å². The predicted octanol–water partition coefficient (Wildman–Crippen LogP) is 0.369. The van der Waals surface area contributed by atoms with Gasteiger partial charge in [0.25, 0.3) is 0 Å². The summed E-state index contributed by atoms with van der Waals surface area (Å²) in [6.45, 7) is 1.44. The lowest BCUT2D eigenvalue weighted by Gasteiger charge is -2.00. The van der Waals surface area contributed by atoms with Crippen molar-refractivity contribution >= 4 is 17.2 Å². The molecule has 2 N–H and O–H groups in total. The van der Waals surface area contributed by atoms with Crippen molar-refractivity contribution in [3.63, 3.8) is 0 Å². The fourth-order valence-corrected chi connectivity index (χ4v) is 1.45. The van der Waals surface area contributed by atoms with Crippen LogP contribution in [-0.4, -0.2) is 24.5 Å². The van der Waals surface area contributed by atoms with Crippen molar-refractivity contribution in [2.45, 2.75) is 13.0 Å². The van der Waals surface area contributed by atoms with Gasteiger partial charge in [-0.3, -0.25) is 4.79 Å². The Hall–Kier alpha value is -0.940. The largest absolute Gasteiger partial charge is 0.359 e. The minimum atomic E-state index is 0.0617. The van der Waals surface area contributed by atoms with Gasteiger partial charge in [-0.05, 0) is 0 Å². The molecule has 0 bridgehead atoms. The summed E-state index contributed by atoms with van der Waals surface area (Å²) < 4.78 is 0. The second-order valence-corrected chi connectivity index (χ2v) is 3.50. The van der Waals surface area contributed by atoms with Gasteiger partial charge in [-0.15, -0.1) is 11.3 Å². The van der Waals surface area contributed by atoms with Crippen molar-refractivity contribution in [3.05, 3.63) is 16.6 Å². The van der Waals surface area contributed by atoms with Crippen LogP contribution >= 0.6 is 11.3 Å². The van der Waals surface area contributed by atoms with Gasteiger partial charge in [0.2, 0.25) is 5.91 Å². The minimum Gasteiger partial charge on any atom is -0.359 e. The van der Waals surface area contributed by atoms with Gasteiger partial charge >= 0.3 is 0 Å². The summed E-state index contributed by atoms with van der Waals surface area (Å²) >= 11 is 1.61. The van der Waals surface area contributed by atoms with Crippen LogP contribution in [0.3, 0.4) is 0 Å². The normalized spacial score (nSPS) is 9.92. The molecule has 0 fully saturated rings. The highest BCUT2D eigenvalue weighted by atomic mass is 32.1. The molecule has 0 atom stereocenters. The molecule has 0 radical (unpaired) electrons. The van der Waals surface area contributed by atoms with Crippen LogP contribution in [0.4, 0.5) is 0 Å². The van der Waals surface area contributed by atoms with Crippen LogP contribution in [0.25, 0.3) is 0 Å². The molecule has 0 aliphatic heterocycles. The summed E-state index contributed by atoms with van der Waals surface area (Å²) in [7, 11) is 1.64. The molecule has 0 unspecified atom stereocenters. The Labute approximate surface area is 81.4 Å². The van der Waals surface area contributed by atoms with E-state index in [1.807, 2.05) is 5.38 Å². The van der Waals surface area contributed by atoms with Gasteiger partial charge in [-0.2, -0.15) is 0 Å². The number of nitrogens with one attached hydrogen (secondary N) is 2. The van der Waals surface area contributed by atoms with Crippen LogP contribution < -0.4 is 10.6 Å². The smallest absolute Gasteiger partial charge is 0.221 e. The van der Waals surface area contributed by atoms with Crippen LogP contribution in [0, 0.1) is 0 Å². The van der Waals surface area contributed by atoms with Crippen molar-refractivity contribution in [1.29, 1.82) is 0 Å². The number of thiazole rings is 1. The molecule has 0 saturated heterocycles. The number of hydrogen-bond donors (Lipinski definition) is 2. The Balaban J connectivity index is 2.05. The summed E-state index contributed by atoms with van der Waals surface area (Å²) in [6, 6.07) is 0. The highest BCUT2D eigenvalue weighted by Crippen LogP contribution is 2.02. The van der Waals surface area contributed by atoms with Gasteiger partial charge in [0, 0.05) is 38.1 Å². The first-order valence-corrected chi connectivity index (χ1v) is 5.00. The van der Waals surface area contributed by atoms with E-state index in [1.165, 1.54) is 0 Å². The average Bonchev–Trinajstić information content (AvgIpc) is 2.64. The molecule has 0 aliphatic carbocycles. The molecule has 0 aromatic carbocycles. The lowest BCUT2D eigenvalue weighted by atomic mass is 10.4. The van der Waals surface area contributed by atoms with Crippen LogP contribution in [-0.2, 0) is 11.3 Å². The third-order valence-corrected chi connectivity index (χ3v) is 2.35. The van der Waals surface area contributed by atoms with Crippen molar-refractivity contribution in [2.75, 3.05) is 13.6 Å². The van der Waals surface area contributed by atoms with E-state index < -0.39 is 0 Å². The van der Waals surface area contributed by atoms with Gasteiger partial charge in [0.05, 0.1) is 0 Å². The van der Waals surface area contributed by atoms with Crippen LogP contribution in [0.5, 0.6) is 0 Å². The SMILES string of the molecule is CNC(=O)CCNCc1nccs1. The summed E-state index contributed by atoms with van der Waals surface area (Å²) in [5, 5.41) is 8.70. The van der Waals surface area contributed by atoms with E-state index >= 15 is 0 Å². The fraction of sp³-hybridized carbons (Fsp3) is 0.500. The zero-order valence-corrected chi connectivity index (χ0v) is 8.36. The maximum atomic E-state index is 10.8. The summed E-state index contributed by atoms with van der Waals surface area (Å²) in [6.07, 6.45) is 2.29. The number of nitrogens with zero attached hydrogens (tertiary/aromatic N) is 1. The third kappa shape index (κ3) is 4.00. The van der Waals surface area contributed by atoms with Gasteiger partial charge in [0.15, 0.2) is 0 Å². The second-order valence-electron chi connectivity index (χ2n) is 2.53. The summed E-state index contributed by atoms with van der Waals surface area (Å²) in [5.74, 6) is 0.0617. The molecule has 0 spiro atoms. The number of amides is 1. The number of rotatable bonds is 5. The van der Waals surface area contributed by atoms with Crippen molar-refractivity contribution in [2.24, 2.45) is 0 Å². The van der Waals surface area contributed by atoms with Gasteiger partial charge < -0.3 is 10.6 Å². The standard InChI is InChI=1S/C8H13N3OS/c1-9-7(12)2-3-10-6-8-11-4-5-13-8/h4-5,10H,2-3,6H2,1H3,(H,9,12). The molecular weight excluding hydrogens is 186 g/mol. The number of aromatic nitrogens is 1. The molecule has 1 rings (SSSR count). The Morgan fingerprint density at radius 3 is 3.15 bits per heavy atom. The Morgan fingerprint density at radius 1 is 1.69 bits per heavy atom. The first-order valence-electron chi connectivity index (χ1n) is 4.12. The lowest BCUT2D eigenvalue weighted by Crippen LogP contribution is -2.24. The zero-order chi connectivity index (χ0) is 9.52. The highest BCUT2D eigenvalue weighted by Gasteiger charge is 1.97. The Kier molecular flexibility index (Phi) is 4.42. The van der Waals surface area contributed by atoms with Gasteiger partial charge in [-0.25, -0.2) is 4.98 Å². The van der Waals surface area contributed by atoms with E-state index in [4.69, 9.17) is 0 Å². The molecule has 1 aromatic rings. The summed E-state index contributed by atoms with van der Waals surface area (Å²) in [5.41, 5.74) is 0. The van der Waals surface area contributed by atoms with E-state index in [9.17, 15) is 4.79 Å². The van der Waals surface area contributed by atoms with Crippen LogP contribution in [0.2, 0.25) is 0 Å². The quantitative estimate of drug-likeness (QED) is 0.674. The van der Waals surface area contributed by atoms with Gasteiger partial charge in [0.1, 0.15) is 5.01 Å². The zero-order valence-electron chi connectivity index (χ0n) is 7.54. The molecule has 5 heteroatoms. The maximum absolute atomic E-state index is 10.8. The number of hydrogen-bond acceptors (Lipinski definition) is 4. The van der Waals surface area contributed by atoms with E-state index in [1.54, 1.807) is 24.6 Å². The molecule has 4 nitrogen and oxygen atoms in total. The topological polar surface area (TPSA) is 54.0 Å². The lowest BCUT2D eigenvalue weighted by molar-refractivity contribution is -0.120. The molecule has 1 aromatic heterocycles. The van der Waals surface area contributed by atoms with E-state index in [-0.39, 0.29) is 5.91 Å². The third-order valence-electron chi connectivity index (χ3n) is 1.57. The molecule has 0 saturated carbocycles. The van der Waals surface area contributed by atoms with Crippen LogP contribution in [0.15, 0.2) is 11.6 Å². The Bertz CT molecular complexity index is 248. The molecular formula is C8H13N3OS. The van der Waals surface area contributed by atoms with Crippen molar-refractivity contribution < 1.29 is 4.79 Å². The summed E-state index contributed by atoms with van der Waals surface area (Å²) in [4.78, 5) is 14.9. The minimum absolute atomic E-state index is 0.0617. The molecule has 13 heavy (non-hydrogen) atoms. The predicted molar refractivity (Wildman–Crippen MR) is 52.5 cm³/mol. The Morgan fingerprint density at radius 2 is 2.54 bits per heavy atom. The molecule has 1 amide bonds. The highest BCUT2D eigenvalue weighted by molar-refractivity contribution is 7.09. The molecule has 1 heterocycles. The van der Waals surface area contributed by atoms with Gasteiger partial charge in [-0.1, -0.05) is 0 Å². The second kappa shape index (κ2) is 5.66. The average molecular weight is 199 g/mol. The monoisotopic (exact) mass is 199 g/mol. The molecule has 72 valence electrons. The number of carbonyl (C=O) groups excluding carboxylic acids is 1. The fourth-order valence-electron chi connectivity index (χ4n) is 0.863. The van der Waals surface area contributed by atoms with E-state index in [0.29, 0.717) is 13.0 Å². The first-order chi connectivity index (χ1) is 6.33. The van der Waals surface area contributed by atoms with Crippen molar-refractivity contribution in [3.8, 4) is 0 Å². The maximum Gasteiger partial charge on any atom is 0.221 e. The van der Waals surface area contributed by atoms with Crippen LogP contribution in [0.1, 0.15) is 11.4 Å². The number of carbonyl (C=O) groups is 1. The first kappa shape index (κ1) is 10.1. The van der Waals surface area contributed by atoms with Crippen molar-refractivity contribution in [1.82, 2.24) is 15.6 Å². The van der Waals surface area contributed by atoms with E-state index in [2.05, 4.69) is 15.6 Å².